The predicted molar refractivity (Wildman–Crippen MR) is 89.9 cm³/mol. The van der Waals surface area contributed by atoms with Crippen molar-refractivity contribution < 1.29 is 18.0 Å². The standard InChI is InChI=1S/C15H21F3N2OS.ClH/c1-3-14(4-2,10-19)20-13(21)9-22-12-7-5-6-11(8-12)15(16,17)18;/h5-8H,3-4,9-10,19H2,1-2H3,(H,20,21);1H. The molecule has 0 aliphatic heterocycles. The second kappa shape index (κ2) is 9.39. The molecule has 0 atom stereocenters. The molecule has 0 bridgehead atoms. The van der Waals surface area contributed by atoms with Gasteiger partial charge in [-0.15, -0.1) is 24.2 Å². The van der Waals surface area contributed by atoms with Crippen molar-refractivity contribution in [1.29, 1.82) is 0 Å². The van der Waals surface area contributed by atoms with E-state index in [-0.39, 0.29) is 24.1 Å². The van der Waals surface area contributed by atoms with Gasteiger partial charge in [0, 0.05) is 11.4 Å². The Kier molecular flexibility index (Phi) is 9.02. The Hall–Kier alpha value is -0.920. The molecule has 0 radical (unpaired) electrons. The maximum Gasteiger partial charge on any atom is 0.416 e. The third-order valence-corrected chi connectivity index (χ3v) is 4.67. The highest BCUT2D eigenvalue weighted by Crippen LogP contribution is 2.31. The highest BCUT2D eigenvalue weighted by molar-refractivity contribution is 8.00. The molecule has 0 spiro atoms. The number of hydrogen-bond acceptors (Lipinski definition) is 3. The first-order valence-electron chi connectivity index (χ1n) is 7.07. The maximum absolute atomic E-state index is 12.6. The van der Waals surface area contributed by atoms with E-state index < -0.39 is 17.3 Å². The number of benzene rings is 1. The monoisotopic (exact) mass is 370 g/mol. The van der Waals surface area contributed by atoms with Gasteiger partial charge in [0.2, 0.25) is 5.91 Å². The highest BCUT2D eigenvalue weighted by Gasteiger charge is 2.30. The summed E-state index contributed by atoms with van der Waals surface area (Å²) in [6.07, 6.45) is -2.96. The van der Waals surface area contributed by atoms with Gasteiger partial charge in [-0.05, 0) is 31.0 Å². The molecule has 0 heterocycles. The molecule has 1 rings (SSSR count). The van der Waals surface area contributed by atoms with Gasteiger partial charge < -0.3 is 11.1 Å². The molecular weight excluding hydrogens is 349 g/mol. The van der Waals surface area contributed by atoms with Crippen LogP contribution in [0.3, 0.4) is 0 Å². The molecule has 0 saturated carbocycles. The topological polar surface area (TPSA) is 55.1 Å². The van der Waals surface area contributed by atoms with E-state index in [0.29, 0.717) is 24.3 Å². The molecule has 23 heavy (non-hydrogen) atoms. The van der Waals surface area contributed by atoms with E-state index >= 15 is 0 Å². The lowest BCUT2D eigenvalue weighted by atomic mass is 9.93. The molecule has 8 heteroatoms. The Labute approximate surface area is 145 Å². The number of hydrogen-bond donors (Lipinski definition) is 2. The van der Waals surface area contributed by atoms with Crippen molar-refractivity contribution >= 4 is 30.1 Å². The first-order chi connectivity index (χ1) is 10.3. The number of thioether (sulfide) groups is 1. The van der Waals surface area contributed by atoms with Crippen LogP contribution in [0.2, 0.25) is 0 Å². The number of carbonyl (C=O) groups is 1. The van der Waals surface area contributed by atoms with Crippen molar-refractivity contribution in [3.8, 4) is 0 Å². The van der Waals surface area contributed by atoms with Gasteiger partial charge in [-0.25, -0.2) is 0 Å². The average molecular weight is 371 g/mol. The lowest BCUT2D eigenvalue weighted by molar-refractivity contribution is -0.137. The largest absolute Gasteiger partial charge is 0.416 e. The van der Waals surface area contributed by atoms with Crippen molar-refractivity contribution in [2.24, 2.45) is 5.73 Å². The van der Waals surface area contributed by atoms with Crippen molar-refractivity contribution in [1.82, 2.24) is 5.32 Å². The molecule has 1 aromatic rings. The predicted octanol–water partition coefficient (Wildman–Crippen LogP) is 3.85. The van der Waals surface area contributed by atoms with Crippen molar-refractivity contribution in [2.75, 3.05) is 12.3 Å². The second-order valence-electron chi connectivity index (χ2n) is 5.05. The molecule has 0 saturated heterocycles. The molecule has 1 aromatic carbocycles. The molecule has 3 nitrogen and oxygen atoms in total. The molecule has 0 fully saturated rings. The Morgan fingerprint density at radius 1 is 1.26 bits per heavy atom. The van der Waals surface area contributed by atoms with Gasteiger partial charge in [-0.1, -0.05) is 19.9 Å². The van der Waals surface area contributed by atoms with Crippen LogP contribution in [-0.2, 0) is 11.0 Å². The van der Waals surface area contributed by atoms with Gasteiger partial charge in [-0.2, -0.15) is 13.2 Å². The fraction of sp³-hybridized carbons (Fsp3) is 0.533. The number of carbonyl (C=O) groups excluding carboxylic acids is 1. The molecule has 0 aliphatic carbocycles. The number of nitrogens with one attached hydrogen (secondary N) is 1. The molecule has 0 aromatic heterocycles. The minimum atomic E-state index is -4.38. The van der Waals surface area contributed by atoms with Gasteiger partial charge >= 0.3 is 6.18 Å². The smallest absolute Gasteiger partial charge is 0.349 e. The van der Waals surface area contributed by atoms with Crippen LogP contribution in [0.15, 0.2) is 29.2 Å². The number of halogens is 4. The normalized spacial score (nSPS) is 11.7. The van der Waals surface area contributed by atoms with E-state index in [0.717, 1.165) is 23.9 Å². The van der Waals surface area contributed by atoms with E-state index in [4.69, 9.17) is 5.73 Å². The van der Waals surface area contributed by atoms with E-state index in [2.05, 4.69) is 5.32 Å². The Morgan fingerprint density at radius 2 is 1.87 bits per heavy atom. The summed E-state index contributed by atoms with van der Waals surface area (Å²) in [7, 11) is 0. The number of rotatable bonds is 7. The fourth-order valence-electron chi connectivity index (χ4n) is 2.01. The third-order valence-electron chi connectivity index (χ3n) is 3.68. The van der Waals surface area contributed by atoms with Crippen molar-refractivity contribution in [2.45, 2.75) is 43.3 Å². The summed E-state index contributed by atoms with van der Waals surface area (Å²) in [4.78, 5) is 12.4. The summed E-state index contributed by atoms with van der Waals surface area (Å²) in [6.45, 7) is 4.22. The summed E-state index contributed by atoms with van der Waals surface area (Å²) in [5.74, 6) is -0.167. The van der Waals surface area contributed by atoms with Crippen LogP contribution in [0.5, 0.6) is 0 Å². The van der Waals surface area contributed by atoms with Crippen LogP contribution < -0.4 is 11.1 Å². The summed E-state index contributed by atoms with van der Waals surface area (Å²) in [6, 6.07) is 4.96. The van der Waals surface area contributed by atoms with Gasteiger partial charge in [0.05, 0.1) is 16.9 Å². The summed E-state index contributed by atoms with van der Waals surface area (Å²) in [5, 5.41) is 2.89. The van der Waals surface area contributed by atoms with Crippen LogP contribution in [0, 0.1) is 0 Å². The fourth-order valence-corrected chi connectivity index (χ4v) is 2.76. The Balaban J connectivity index is 0.00000484. The first kappa shape index (κ1) is 22.1. The van der Waals surface area contributed by atoms with E-state index in [1.807, 2.05) is 13.8 Å². The zero-order valence-corrected chi connectivity index (χ0v) is 14.7. The molecule has 1 amide bonds. The molecule has 3 N–H and O–H groups in total. The van der Waals surface area contributed by atoms with Crippen LogP contribution in [0.25, 0.3) is 0 Å². The lowest BCUT2D eigenvalue weighted by Gasteiger charge is -2.31. The SMILES string of the molecule is CCC(CC)(CN)NC(=O)CSc1cccc(C(F)(F)F)c1.Cl. The summed E-state index contributed by atoms with van der Waals surface area (Å²) < 4.78 is 37.9. The van der Waals surface area contributed by atoms with Crippen molar-refractivity contribution in [3.63, 3.8) is 0 Å². The minimum absolute atomic E-state index is 0. The van der Waals surface area contributed by atoms with Crippen LogP contribution in [0.4, 0.5) is 13.2 Å². The zero-order valence-electron chi connectivity index (χ0n) is 13.1. The lowest BCUT2D eigenvalue weighted by Crippen LogP contribution is -2.53. The molecule has 0 aliphatic rings. The van der Waals surface area contributed by atoms with Crippen molar-refractivity contribution in [3.05, 3.63) is 29.8 Å². The zero-order chi connectivity index (χ0) is 16.8. The van der Waals surface area contributed by atoms with Gasteiger partial charge in [0.25, 0.3) is 0 Å². The maximum atomic E-state index is 12.6. The van der Waals surface area contributed by atoms with Crippen LogP contribution in [0.1, 0.15) is 32.3 Å². The quantitative estimate of drug-likeness (QED) is 0.717. The molecular formula is C15H22ClF3N2OS. The van der Waals surface area contributed by atoms with Gasteiger partial charge in [-0.3, -0.25) is 4.79 Å². The van der Waals surface area contributed by atoms with E-state index in [1.165, 1.54) is 6.07 Å². The minimum Gasteiger partial charge on any atom is -0.349 e. The highest BCUT2D eigenvalue weighted by atomic mass is 35.5. The second-order valence-corrected chi connectivity index (χ2v) is 6.10. The first-order valence-corrected chi connectivity index (χ1v) is 8.06. The number of amides is 1. The van der Waals surface area contributed by atoms with E-state index in [1.54, 1.807) is 6.07 Å². The Morgan fingerprint density at radius 3 is 2.35 bits per heavy atom. The van der Waals surface area contributed by atoms with Crippen LogP contribution >= 0.6 is 24.2 Å². The van der Waals surface area contributed by atoms with Gasteiger partial charge in [0.1, 0.15) is 0 Å². The average Bonchev–Trinajstić information content (AvgIpc) is 2.50. The summed E-state index contributed by atoms with van der Waals surface area (Å²) >= 11 is 1.08. The number of alkyl halides is 3. The summed E-state index contributed by atoms with van der Waals surface area (Å²) in [5.41, 5.74) is 4.55. The Bertz CT molecular complexity index is 499. The van der Waals surface area contributed by atoms with Gasteiger partial charge in [0.15, 0.2) is 0 Å². The van der Waals surface area contributed by atoms with Crippen LogP contribution in [-0.4, -0.2) is 23.7 Å². The number of nitrogens with two attached hydrogens (primary N) is 1. The van der Waals surface area contributed by atoms with E-state index in [9.17, 15) is 18.0 Å². The molecule has 0 unspecified atom stereocenters. The molecule has 132 valence electrons. The third kappa shape index (κ3) is 6.61.